The molecule has 1 N–H and O–H groups in total. The van der Waals surface area contributed by atoms with Gasteiger partial charge >= 0.3 is 6.03 Å². The van der Waals surface area contributed by atoms with Gasteiger partial charge in [-0.3, -0.25) is 0 Å². The maximum absolute atomic E-state index is 13.0. The SMILES string of the molecule is CC(C)c1ccc(NC(=O)N2CCN(c3ccc(F)cc3)CC2)cc1. The van der Waals surface area contributed by atoms with E-state index in [1.165, 1.54) is 17.7 Å². The molecule has 1 aliphatic heterocycles. The average Bonchev–Trinajstić information content (AvgIpc) is 2.63. The van der Waals surface area contributed by atoms with E-state index < -0.39 is 0 Å². The van der Waals surface area contributed by atoms with E-state index in [1.807, 2.05) is 29.2 Å². The molecule has 1 saturated heterocycles. The van der Waals surface area contributed by atoms with Gasteiger partial charge in [-0.15, -0.1) is 0 Å². The van der Waals surface area contributed by atoms with E-state index in [2.05, 4.69) is 24.1 Å². The smallest absolute Gasteiger partial charge is 0.321 e. The number of carbonyl (C=O) groups is 1. The number of hydrogen-bond acceptors (Lipinski definition) is 2. The zero-order valence-electron chi connectivity index (χ0n) is 14.7. The molecule has 0 aromatic heterocycles. The summed E-state index contributed by atoms with van der Waals surface area (Å²) in [7, 11) is 0. The molecule has 0 saturated carbocycles. The van der Waals surface area contributed by atoms with Crippen LogP contribution in [0, 0.1) is 5.82 Å². The van der Waals surface area contributed by atoms with Crippen molar-refractivity contribution in [1.82, 2.24) is 4.90 Å². The second-order valence-corrected chi connectivity index (χ2v) is 6.66. The van der Waals surface area contributed by atoms with Crippen LogP contribution in [0.5, 0.6) is 0 Å². The molecule has 0 bridgehead atoms. The Morgan fingerprint density at radius 2 is 1.56 bits per heavy atom. The second-order valence-electron chi connectivity index (χ2n) is 6.66. The lowest BCUT2D eigenvalue weighted by Crippen LogP contribution is -2.50. The van der Waals surface area contributed by atoms with Crippen LogP contribution in [0.2, 0.25) is 0 Å². The highest BCUT2D eigenvalue weighted by atomic mass is 19.1. The standard InChI is InChI=1S/C20H24FN3O/c1-15(2)16-3-7-18(8-4-16)22-20(25)24-13-11-23(12-14-24)19-9-5-17(21)6-10-19/h3-10,15H,11-14H2,1-2H3,(H,22,25). The number of halogens is 1. The number of amides is 2. The van der Waals surface area contributed by atoms with Crippen molar-refractivity contribution >= 4 is 17.4 Å². The number of nitrogens with one attached hydrogen (secondary N) is 1. The Morgan fingerprint density at radius 3 is 2.12 bits per heavy atom. The number of hydrogen-bond donors (Lipinski definition) is 1. The Bertz CT molecular complexity index is 705. The van der Waals surface area contributed by atoms with Crippen LogP contribution in [0.15, 0.2) is 48.5 Å². The predicted octanol–water partition coefficient (Wildman–Crippen LogP) is 4.30. The number of rotatable bonds is 3. The molecule has 5 heteroatoms. The third-order valence-corrected chi connectivity index (χ3v) is 4.59. The van der Waals surface area contributed by atoms with Crippen LogP contribution in [-0.2, 0) is 0 Å². The fraction of sp³-hybridized carbons (Fsp3) is 0.350. The van der Waals surface area contributed by atoms with Crippen molar-refractivity contribution in [2.24, 2.45) is 0 Å². The van der Waals surface area contributed by atoms with Gasteiger partial charge in [0.15, 0.2) is 0 Å². The third-order valence-electron chi connectivity index (χ3n) is 4.59. The van der Waals surface area contributed by atoms with Gasteiger partial charge in [-0.25, -0.2) is 9.18 Å². The zero-order valence-corrected chi connectivity index (χ0v) is 14.7. The number of nitrogens with zero attached hydrogens (tertiary/aromatic N) is 2. The van der Waals surface area contributed by atoms with E-state index in [1.54, 1.807) is 12.1 Å². The summed E-state index contributed by atoms with van der Waals surface area (Å²) in [6.45, 7) is 7.07. The molecule has 132 valence electrons. The molecule has 1 aliphatic rings. The van der Waals surface area contributed by atoms with Gasteiger partial charge in [0.05, 0.1) is 0 Å². The van der Waals surface area contributed by atoms with E-state index in [-0.39, 0.29) is 11.8 Å². The van der Waals surface area contributed by atoms with Crippen molar-refractivity contribution in [1.29, 1.82) is 0 Å². The molecule has 1 fully saturated rings. The Morgan fingerprint density at radius 1 is 0.960 bits per heavy atom. The first-order valence-corrected chi connectivity index (χ1v) is 8.69. The van der Waals surface area contributed by atoms with Gasteiger partial charge in [-0.1, -0.05) is 26.0 Å². The van der Waals surface area contributed by atoms with Gasteiger partial charge in [0, 0.05) is 37.6 Å². The summed E-state index contributed by atoms with van der Waals surface area (Å²) in [6.07, 6.45) is 0. The van der Waals surface area contributed by atoms with Gasteiger partial charge in [-0.05, 0) is 47.9 Å². The molecule has 0 atom stereocenters. The molecule has 2 aromatic carbocycles. The van der Waals surface area contributed by atoms with E-state index in [9.17, 15) is 9.18 Å². The lowest BCUT2D eigenvalue weighted by Gasteiger charge is -2.36. The number of anilines is 2. The van der Waals surface area contributed by atoms with Gasteiger partial charge in [0.1, 0.15) is 5.82 Å². The average molecular weight is 341 g/mol. The van der Waals surface area contributed by atoms with Crippen LogP contribution in [-0.4, -0.2) is 37.1 Å². The molecule has 1 heterocycles. The van der Waals surface area contributed by atoms with Crippen molar-refractivity contribution in [3.63, 3.8) is 0 Å². The van der Waals surface area contributed by atoms with Crippen LogP contribution in [0.4, 0.5) is 20.6 Å². The van der Waals surface area contributed by atoms with Gasteiger partial charge in [-0.2, -0.15) is 0 Å². The van der Waals surface area contributed by atoms with E-state index in [0.717, 1.165) is 24.5 Å². The number of carbonyl (C=O) groups excluding carboxylic acids is 1. The monoisotopic (exact) mass is 341 g/mol. The first-order valence-electron chi connectivity index (χ1n) is 8.69. The summed E-state index contributed by atoms with van der Waals surface area (Å²) in [5.41, 5.74) is 3.06. The fourth-order valence-corrected chi connectivity index (χ4v) is 2.97. The van der Waals surface area contributed by atoms with Crippen molar-refractivity contribution in [3.8, 4) is 0 Å². The third kappa shape index (κ3) is 4.29. The highest BCUT2D eigenvalue weighted by Gasteiger charge is 2.21. The summed E-state index contributed by atoms with van der Waals surface area (Å²) in [6, 6.07) is 14.4. The first-order chi connectivity index (χ1) is 12.0. The molecule has 2 aromatic rings. The van der Waals surface area contributed by atoms with Gasteiger partial charge in [0.2, 0.25) is 0 Å². The summed E-state index contributed by atoms with van der Waals surface area (Å²) < 4.78 is 13.0. The molecule has 0 radical (unpaired) electrons. The Hall–Kier alpha value is -2.56. The molecule has 0 aliphatic carbocycles. The lowest BCUT2D eigenvalue weighted by molar-refractivity contribution is 0.208. The summed E-state index contributed by atoms with van der Waals surface area (Å²) >= 11 is 0. The Kier molecular flexibility index (Phi) is 5.22. The predicted molar refractivity (Wildman–Crippen MR) is 99.7 cm³/mol. The van der Waals surface area contributed by atoms with Crippen molar-refractivity contribution in [3.05, 3.63) is 59.9 Å². The molecule has 25 heavy (non-hydrogen) atoms. The van der Waals surface area contributed by atoms with Crippen LogP contribution in [0.3, 0.4) is 0 Å². The minimum Gasteiger partial charge on any atom is -0.368 e. The Labute approximate surface area is 148 Å². The maximum atomic E-state index is 13.0. The fourth-order valence-electron chi connectivity index (χ4n) is 2.97. The molecule has 3 rings (SSSR count). The van der Waals surface area contributed by atoms with E-state index >= 15 is 0 Å². The van der Waals surface area contributed by atoms with Crippen molar-refractivity contribution in [2.45, 2.75) is 19.8 Å². The quantitative estimate of drug-likeness (QED) is 0.903. The maximum Gasteiger partial charge on any atom is 0.321 e. The topological polar surface area (TPSA) is 35.6 Å². The zero-order chi connectivity index (χ0) is 17.8. The van der Waals surface area contributed by atoms with Crippen LogP contribution in [0.1, 0.15) is 25.3 Å². The van der Waals surface area contributed by atoms with Crippen LogP contribution < -0.4 is 10.2 Å². The highest BCUT2D eigenvalue weighted by Crippen LogP contribution is 2.19. The Balaban J connectivity index is 1.53. The summed E-state index contributed by atoms with van der Waals surface area (Å²) in [4.78, 5) is 16.4. The first kappa shape index (κ1) is 17.3. The van der Waals surface area contributed by atoms with Crippen molar-refractivity contribution < 1.29 is 9.18 Å². The summed E-state index contributed by atoms with van der Waals surface area (Å²) in [5, 5.41) is 2.96. The van der Waals surface area contributed by atoms with E-state index in [0.29, 0.717) is 19.0 Å². The minimum atomic E-state index is -0.231. The molecule has 4 nitrogen and oxygen atoms in total. The minimum absolute atomic E-state index is 0.0731. The molecule has 0 spiro atoms. The molecular formula is C20H24FN3O. The van der Waals surface area contributed by atoms with Crippen molar-refractivity contribution in [2.75, 3.05) is 36.4 Å². The van der Waals surface area contributed by atoms with Crippen LogP contribution in [0.25, 0.3) is 0 Å². The lowest BCUT2D eigenvalue weighted by atomic mass is 10.0. The largest absolute Gasteiger partial charge is 0.368 e. The van der Waals surface area contributed by atoms with Gasteiger partial charge < -0.3 is 15.1 Å². The van der Waals surface area contributed by atoms with E-state index in [4.69, 9.17) is 0 Å². The molecule has 0 unspecified atom stereocenters. The molecule has 2 amide bonds. The number of piperazine rings is 1. The molecular weight excluding hydrogens is 317 g/mol. The van der Waals surface area contributed by atoms with Crippen LogP contribution >= 0.6 is 0 Å². The normalized spacial score (nSPS) is 14.7. The van der Waals surface area contributed by atoms with Gasteiger partial charge in [0.25, 0.3) is 0 Å². The summed E-state index contributed by atoms with van der Waals surface area (Å²) in [5.74, 6) is 0.245. The highest BCUT2D eigenvalue weighted by molar-refractivity contribution is 5.89. The number of benzene rings is 2. The second kappa shape index (κ2) is 7.55. The number of urea groups is 1.